The molecule has 0 fully saturated rings. The molecule has 104 valence electrons. The van der Waals surface area contributed by atoms with Crippen LogP contribution in [0.5, 0.6) is 0 Å². The highest BCUT2D eigenvalue weighted by Gasteiger charge is 2.25. The largest absolute Gasteiger partial charge is 0.399 e. The summed E-state index contributed by atoms with van der Waals surface area (Å²) in [6, 6.07) is 3.20. The van der Waals surface area contributed by atoms with Gasteiger partial charge in [-0.15, -0.1) is 0 Å². The third-order valence-corrected chi connectivity index (χ3v) is 3.62. The van der Waals surface area contributed by atoms with Crippen LogP contribution in [0.4, 0.5) is 11.4 Å². The first-order chi connectivity index (χ1) is 8.74. The monoisotopic (exact) mass is 288 g/mol. The van der Waals surface area contributed by atoms with Crippen molar-refractivity contribution in [2.75, 3.05) is 12.3 Å². The van der Waals surface area contributed by atoms with Crippen LogP contribution in [0.15, 0.2) is 23.1 Å². The van der Waals surface area contributed by atoms with Gasteiger partial charge in [0.15, 0.2) is 4.90 Å². The van der Waals surface area contributed by atoms with E-state index < -0.39 is 31.4 Å². The van der Waals surface area contributed by atoms with Crippen LogP contribution in [0.2, 0.25) is 0 Å². The molecule has 0 saturated carbocycles. The van der Waals surface area contributed by atoms with Gasteiger partial charge in [0.2, 0.25) is 15.9 Å². The fraction of sp³-hybridized carbons (Fsp3) is 0.222. The maximum Gasteiger partial charge on any atom is 0.289 e. The lowest BCUT2D eigenvalue weighted by molar-refractivity contribution is -0.387. The van der Waals surface area contributed by atoms with Crippen LogP contribution < -0.4 is 16.2 Å². The molecule has 0 saturated heterocycles. The standard InChI is InChI=1S/C9H12N4O5S/c10-6-1-2-7(13(15)16)8(5-6)19(17,18)12-4-3-9(11)14/h1-2,5,12H,3-4,10H2,(H2,11,14). The second-order valence-electron chi connectivity index (χ2n) is 3.60. The Kier molecular flexibility index (Phi) is 4.40. The van der Waals surface area contributed by atoms with Crippen molar-refractivity contribution >= 4 is 27.3 Å². The van der Waals surface area contributed by atoms with Crippen molar-refractivity contribution < 1.29 is 18.1 Å². The Morgan fingerprint density at radius 1 is 1.42 bits per heavy atom. The predicted molar refractivity (Wildman–Crippen MR) is 66.5 cm³/mol. The number of carbonyl (C=O) groups is 1. The summed E-state index contributed by atoms with van der Waals surface area (Å²) in [5.41, 5.74) is 9.75. The molecule has 1 aromatic carbocycles. The van der Waals surface area contributed by atoms with E-state index >= 15 is 0 Å². The number of nitrogens with zero attached hydrogens (tertiary/aromatic N) is 1. The second-order valence-corrected chi connectivity index (χ2v) is 5.33. The summed E-state index contributed by atoms with van der Waals surface area (Å²) in [7, 11) is -4.13. The Bertz CT molecular complexity index is 613. The lowest BCUT2D eigenvalue weighted by Crippen LogP contribution is -2.28. The van der Waals surface area contributed by atoms with Gasteiger partial charge in [0.05, 0.1) is 4.92 Å². The molecule has 0 spiro atoms. The molecule has 0 bridgehead atoms. The first-order valence-corrected chi connectivity index (χ1v) is 6.54. The number of nitro groups is 1. The molecule has 5 N–H and O–H groups in total. The van der Waals surface area contributed by atoms with Crippen LogP contribution in [0, 0.1) is 10.1 Å². The predicted octanol–water partition coefficient (Wildman–Crippen LogP) is -0.669. The number of primary amides is 1. The number of nitrogens with one attached hydrogen (secondary N) is 1. The molecule has 0 aliphatic carbocycles. The molecule has 0 radical (unpaired) electrons. The molecule has 1 rings (SSSR count). The average molecular weight is 288 g/mol. The fourth-order valence-corrected chi connectivity index (χ4v) is 2.52. The van der Waals surface area contributed by atoms with Crippen LogP contribution in [-0.2, 0) is 14.8 Å². The minimum absolute atomic E-state index is 0.0703. The van der Waals surface area contributed by atoms with Gasteiger partial charge in [-0.3, -0.25) is 14.9 Å². The molecular formula is C9H12N4O5S. The van der Waals surface area contributed by atoms with E-state index in [-0.39, 0.29) is 18.7 Å². The zero-order chi connectivity index (χ0) is 14.6. The minimum atomic E-state index is -4.13. The Morgan fingerprint density at radius 3 is 2.58 bits per heavy atom. The number of sulfonamides is 1. The smallest absolute Gasteiger partial charge is 0.289 e. The summed E-state index contributed by atoms with van der Waals surface area (Å²) < 4.78 is 25.8. The van der Waals surface area contributed by atoms with Crippen molar-refractivity contribution in [2.24, 2.45) is 5.73 Å². The topological polar surface area (TPSA) is 158 Å². The number of hydrogen-bond donors (Lipinski definition) is 3. The van der Waals surface area contributed by atoms with E-state index in [1.165, 1.54) is 6.07 Å². The molecule has 1 amide bonds. The zero-order valence-corrected chi connectivity index (χ0v) is 10.5. The number of benzene rings is 1. The van der Waals surface area contributed by atoms with Gasteiger partial charge in [-0.05, 0) is 12.1 Å². The second kappa shape index (κ2) is 5.63. The SMILES string of the molecule is NC(=O)CCNS(=O)(=O)c1cc(N)ccc1[N+](=O)[O-]. The highest BCUT2D eigenvalue weighted by molar-refractivity contribution is 7.89. The summed E-state index contributed by atoms with van der Waals surface area (Å²) >= 11 is 0. The Balaban J connectivity index is 3.09. The normalized spacial score (nSPS) is 11.2. The van der Waals surface area contributed by atoms with E-state index in [0.717, 1.165) is 12.1 Å². The van der Waals surface area contributed by atoms with Gasteiger partial charge in [-0.1, -0.05) is 0 Å². The lowest BCUT2D eigenvalue weighted by Gasteiger charge is -2.07. The molecule has 0 unspecified atom stereocenters. The van der Waals surface area contributed by atoms with Gasteiger partial charge in [-0.25, -0.2) is 13.1 Å². The molecule has 1 aromatic rings. The van der Waals surface area contributed by atoms with Gasteiger partial charge in [0.25, 0.3) is 5.69 Å². The highest BCUT2D eigenvalue weighted by Crippen LogP contribution is 2.25. The summed E-state index contributed by atoms with van der Waals surface area (Å²) in [6.07, 6.45) is -0.213. The van der Waals surface area contributed by atoms with Crippen LogP contribution in [-0.4, -0.2) is 25.8 Å². The number of amides is 1. The van der Waals surface area contributed by atoms with E-state index in [4.69, 9.17) is 11.5 Å². The summed E-state index contributed by atoms with van der Waals surface area (Å²) in [5, 5.41) is 10.8. The number of rotatable bonds is 6. The molecule has 0 aliphatic heterocycles. The van der Waals surface area contributed by atoms with Crippen molar-refractivity contribution in [3.05, 3.63) is 28.3 Å². The lowest BCUT2D eigenvalue weighted by atomic mass is 10.3. The Labute approximate surface area is 108 Å². The van der Waals surface area contributed by atoms with Gasteiger partial charge in [0, 0.05) is 24.7 Å². The van der Waals surface area contributed by atoms with E-state index in [1.54, 1.807) is 0 Å². The first kappa shape index (κ1) is 14.9. The first-order valence-electron chi connectivity index (χ1n) is 5.06. The fourth-order valence-electron chi connectivity index (χ4n) is 1.28. The summed E-state index contributed by atoms with van der Waals surface area (Å²) in [4.78, 5) is 19.9. The van der Waals surface area contributed by atoms with Gasteiger partial charge in [0.1, 0.15) is 0 Å². The molecule has 0 aromatic heterocycles. The van der Waals surface area contributed by atoms with Crippen LogP contribution in [0.3, 0.4) is 0 Å². The van der Waals surface area contributed by atoms with Crippen molar-refractivity contribution in [3.8, 4) is 0 Å². The third-order valence-electron chi connectivity index (χ3n) is 2.13. The van der Waals surface area contributed by atoms with Crippen molar-refractivity contribution in [1.82, 2.24) is 4.72 Å². The molecule has 0 aliphatic rings. The van der Waals surface area contributed by atoms with Crippen molar-refractivity contribution in [1.29, 1.82) is 0 Å². The molecule has 10 heteroatoms. The van der Waals surface area contributed by atoms with E-state index in [2.05, 4.69) is 0 Å². The van der Waals surface area contributed by atoms with E-state index in [9.17, 15) is 23.3 Å². The van der Waals surface area contributed by atoms with E-state index in [1.807, 2.05) is 4.72 Å². The van der Waals surface area contributed by atoms with E-state index in [0.29, 0.717) is 0 Å². The van der Waals surface area contributed by atoms with Crippen LogP contribution in [0.1, 0.15) is 6.42 Å². The molecular weight excluding hydrogens is 276 g/mol. The summed E-state index contributed by atoms with van der Waals surface area (Å²) in [6.45, 7) is -0.246. The highest BCUT2D eigenvalue weighted by atomic mass is 32.2. The maximum atomic E-state index is 11.9. The number of nitro benzene ring substituents is 1. The zero-order valence-electron chi connectivity index (χ0n) is 9.70. The van der Waals surface area contributed by atoms with Crippen molar-refractivity contribution in [2.45, 2.75) is 11.3 Å². The Hall–Kier alpha value is -2.20. The molecule has 19 heavy (non-hydrogen) atoms. The van der Waals surface area contributed by atoms with Crippen LogP contribution in [0.25, 0.3) is 0 Å². The minimum Gasteiger partial charge on any atom is -0.399 e. The molecule has 0 heterocycles. The van der Waals surface area contributed by atoms with Gasteiger partial charge >= 0.3 is 0 Å². The number of carbonyl (C=O) groups excluding carboxylic acids is 1. The molecule has 0 atom stereocenters. The van der Waals surface area contributed by atoms with Gasteiger partial charge < -0.3 is 11.5 Å². The van der Waals surface area contributed by atoms with Crippen LogP contribution >= 0.6 is 0 Å². The third kappa shape index (κ3) is 3.89. The number of nitrogens with two attached hydrogens (primary N) is 2. The quantitative estimate of drug-likeness (QED) is 0.357. The van der Waals surface area contributed by atoms with Crippen molar-refractivity contribution in [3.63, 3.8) is 0 Å². The average Bonchev–Trinajstić information content (AvgIpc) is 2.27. The Morgan fingerprint density at radius 2 is 2.05 bits per heavy atom. The van der Waals surface area contributed by atoms with Gasteiger partial charge in [-0.2, -0.15) is 0 Å². The number of hydrogen-bond acceptors (Lipinski definition) is 6. The summed E-state index contributed by atoms with van der Waals surface area (Å²) in [5.74, 6) is -0.690. The maximum absolute atomic E-state index is 11.9. The molecule has 9 nitrogen and oxygen atoms in total. The number of anilines is 1. The number of nitrogen functional groups attached to an aromatic ring is 1.